The smallest absolute Gasteiger partial charge is 0.306 e. The number of carboxylic acid groups (broad SMARTS) is 1. The highest BCUT2D eigenvalue weighted by Gasteiger charge is 2.32. The van der Waals surface area contributed by atoms with Gasteiger partial charge in [0.05, 0.1) is 40.3 Å². The maximum Gasteiger partial charge on any atom is 0.306 e. The van der Waals surface area contributed by atoms with Crippen LogP contribution in [-0.4, -0.2) is 64.7 Å². The Morgan fingerprint density at radius 3 is 1.33 bits per heavy atom. The van der Waals surface area contributed by atoms with E-state index in [1.165, 1.54) is 5.56 Å². The number of nitrogens with two attached hydrogens (primary N) is 1. The summed E-state index contributed by atoms with van der Waals surface area (Å²) in [7, 11) is 0. The Morgan fingerprint density at radius 1 is 0.589 bits per heavy atom. The van der Waals surface area contributed by atoms with Gasteiger partial charge in [0.15, 0.2) is 11.6 Å². The lowest BCUT2D eigenvalue weighted by molar-refractivity contribution is -0.143. The Kier molecular flexibility index (Phi) is 25.5. The number of amides is 3. The van der Waals surface area contributed by atoms with E-state index in [1.807, 2.05) is 95.3 Å². The SMILES string of the molecule is CCC(=O)C(CC1CCC(C(=O)NCc2ccccc2)CC1)NC(=O)c1ccc(OC(C)C)c(Cl)c1.CCC(=O)C(CC1CCC(C(=O)O)CC1)NC(=O)c1ccc(OC(C)C)c(Cl)c1.NCc1ccccc1. The third kappa shape index (κ3) is 20.6. The first kappa shape index (κ1) is 59.8. The van der Waals surface area contributed by atoms with Gasteiger partial charge in [-0.1, -0.05) is 97.7 Å². The molecule has 3 amide bonds. The lowest BCUT2D eigenvalue weighted by atomic mass is 9.78. The molecule has 0 aromatic heterocycles. The molecule has 6 rings (SSSR count). The van der Waals surface area contributed by atoms with Crippen molar-refractivity contribution in [3.63, 3.8) is 0 Å². The lowest BCUT2D eigenvalue weighted by Crippen LogP contribution is -2.42. The van der Waals surface area contributed by atoms with Gasteiger partial charge in [0.25, 0.3) is 11.8 Å². The van der Waals surface area contributed by atoms with Crippen LogP contribution in [0.5, 0.6) is 11.5 Å². The average molecular weight is 1040 g/mol. The van der Waals surface area contributed by atoms with E-state index in [-0.39, 0.29) is 65.2 Å². The number of carboxylic acids is 1. The normalized spacial score (nSPS) is 18.1. The van der Waals surface area contributed by atoms with Crippen LogP contribution in [0.15, 0.2) is 97.1 Å². The van der Waals surface area contributed by atoms with E-state index >= 15 is 0 Å². The minimum Gasteiger partial charge on any atom is -0.489 e. The maximum atomic E-state index is 12.9. The Labute approximate surface area is 442 Å². The third-order valence-corrected chi connectivity index (χ3v) is 13.7. The molecule has 396 valence electrons. The van der Waals surface area contributed by atoms with E-state index in [0.717, 1.165) is 44.1 Å². The van der Waals surface area contributed by atoms with E-state index in [2.05, 4.69) is 16.0 Å². The lowest BCUT2D eigenvalue weighted by Gasteiger charge is -2.30. The molecule has 0 aliphatic heterocycles. The molecule has 6 N–H and O–H groups in total. The Bertz CT molecular complexity index is 2390. The summed E-state index contributed by atoms with van der Waals surface area (Å²) < 4.78 is 11.2. The topological polar surface area (TPSA) is 203 Å². The van der Waals surface area contributed by atoms with Crippen LogP contribution in [0.4, 0.5) is 0 Å². The highest BCUT2D eigenvalue weighted by atomic mass is 35.5. The van der Waals surface area contributed by atoms with E-state index in [4.69, 9.17) is 43.5 Å². The number of halogens is 2. The molecule has 0 bridgehead atoms. The fraction of sp³-hybridized carbons (Fsp3) is 0.483. The number of nitrogens with one attached hydrogen (secondary N) is 3. The van der Waals surface area contributed by atoms with Crippen molar-refractivity contribution >= 4 is 58.5 Å². The molecule has 4 aromatic rings. The molecule has 13 nitrogen and oxygen atoms in total. The quantitative estimate of drug-likeness (QED) is 0.0534. The van der Waals surface area contributed by atoms with Crippen molar-refractivity contribution < 1.29 is 43.3 Å². The average Bonchev–Trinajstić information content (AvgIpc) is 3.39. The van der Waals surface area contributed by atoms with Gasteiger partial charge in [0, 0.05) is 43.0 Å². The Morgan fingerprint density at radius 2 is 0.986 bits per heavy atom. The van der Waals surface area contributed by atoms with Crippen LogP contribution in [0, 0.1) is 23.7 Å². The zero-order chi connectivity index (χ0) is 53.5. The third-order valence-electron chi connectivity index (χ3n) is 13.1. The van der Waals surface area contributed by atoms with Crippen molar-refractivity contribution in [2.45, 2.75) is 156 Å². The van der Waals surface area contributed by atoms with E-state index in [9.17, 15) is 28.8 Å². The molecule has 4 aromatic carbocycles. The largest absolute Gasteiger partial charge is 0.489 e. The van der Waals surface area contributed by atoms with Crippen molar-refractivity contribution in [3.8, 4) is 11.5 Å². The first-order chi connectivity index (χ1) is 34.9. The van der Waals surface area contributed by atoms with Crippen molar-refractivity contribution in [1.82, 2.24) is 16.0 Å². The summed E-state index contributed by atoms with van der Waals surface area (Å²) in [5.41, 5.74) is 8.38. The van der Waals surface area contributed by atoms with Crippen molar-refractivity contribution in [3.05, 3.63) is 129 Å². The van der Waals surface area contributed by atoms with Gasteiger partial charge in [-0.3, -0.25) is 28.8 Å². The molecule has 0 radical (unpaired) electrons. The molecular weight excluding hydrogens is 968 g/mol. The molecule has 15 heteroatoms. The van der Waals surface area contributed by atoms with Gasteiger partial charge in [-0.15, -0.1) is 0 Å². The molecule has 0 heterocycles. The van der Waals surface area contributed by atoms with Crippen LogP contribution in [0.3, 0.4) is 0 Å². The highest BCUT2D eigenvalue weighted by Crippen LogP contribution is 2.34. The molecule has 2 aliphatic carbocycles. The van der Waals surface area contributed by atoms with Crippen molar-refractivity contribution in [2.75, 3.05) is 0 Å². The van der Waals surface area contributed by atoms with Gasteiger partial charge in [-0.25, -0.2) is 0 Å². The summed E-state index contributed by atoms with van der Waals surface area (Å²) in [6.07, 6.45) is 7.79. The summed E-state index contributed by atoms with van der Waals surface area (Å²) in [6, 6.07) is 28.5. The number of benzene rings is 4. The van der Waals surface area contributed by atoms with Gasteiger partial charge in [0.2, 0.25) is 5.91 Å². The van der Waals surface area contributed by atoms with Crippen LogP contribution >= 0.6 is 23.2 Å². The van der Waals surface area contributed by atoms with Gasteiger partial charge in [-0.2, -0.15) is 0 Å². The number of aliphatic carboxylic acids is 1. The number of ketones is 2. The zero-order valence-corrected chi connectivity index (χ0v) is 44.8. The predicted molar refractivity (Wildman–Crippen MR) is 288 cm³/mol. The summed E-state index contributed by atoms with van der Waals surface area (Å²) in [6.45, 7) is 12.4. The summed E-state index contributed by atoms with van der Waals surface area (Å²) in [4.78, 5) is 74.4. The standard InChI is InChI=1S/C29H37ClN2O4.C22H30ClNO5.C7H9N/c1-4-26(33)25(32-29(35)23-14-15-27(24(30)17-23)36-19(2)3)16-20-10-12-22(13-11-20)28(34)31-18-21-8-6-5-7-9-21;1-4-19(25)18(11-14-5-7-15(8-6-14)22(27)28)24-21(26)16-9-10-20(17(23)12-16)29-13(2)3;8-6-7-4-2-1-3-5-7/h5-9,14-15,17,19-20,22,25H,4,10-13,16,18H2,1-3H3,(H,31,34)(H,32,35);9-10,12-15,18H,4-8,11H2,1-3H3,(H,24,26)(H,27,28);1-5H,6,8H2. The highest BCUT2D eigenvalue weighted by molar-refractivity contribution is 6.32. The minimum absolute atomic E-state index is 0.00593. The van der Waals surface area contributed by atoms with Crippen LogP contribution in [0.1, 0.15) is 150 Å². The number of rotatable bonds is 21. The number of Topliss-reactive ketones (excluding diaryl/α,β-unsaturated/α-hetero) is 2. The molecule has 2 unspecified atom stereocenters. The van der Waals surface area contributed by atoms with Gasteiger partial charge >= 0.3 is 5.97 Å². The summed E-state index contributed by atoms with van der Waals surface area (Å²) >= 11 is 12.5. The van der Waals surface area contributed by atoms with Gasteiger partial charge in [0.1, 0.15) is 11.5 Å². The molecule has 73 heavy (non-hydrogen) atoms. The fourth-order valence-electron chi connectivity index (χ4n) is 9.02. The van der Waals surface area contributed by atoms with Crippen molar-refractivity contribution in [2.24, 2.45) is 29.4 Å². The predicted octanol–water partition coefficient (Wildman–Crippen LogP) is 11.3. The van der Waals surface area contributed by atoms with Crippen LogP contribution < -0.4 is 31.2 Å². The molecule has 2 aliphatic rings. The van der Waals surface area contributed by atoms with Crippen molar-refractivity contribution in [1.29, 1.82) is 0 Å². The second kappa shape index (κ2) is 31.1. The number of carbonyl (C=O) groups excluding carboxylic acids is 5. The molecule has 2 fully saturated rings. The fourth-order valence-corrected chi connectivity index (χ4v) is 9.47. The molecule has 2 atom stereocenters. The molecular formula is C58H76Cl2N4O9. The number of ether oxygens (including phenoxy) is 2. The monoisotopic (exact) mass is 1040 g/mol. The summed E-state index contributed by atoms with van der Waals surface area (Å²) in [5, 5.41) is 18.7. The summed E-state index contributed by atoms with van der Waals surface area (Å²) in [5.74, 6) is -0.101. The first-order valence-electron chi connectivity index (χ1n) is 25.8. The van der Waals surface area contributed by atoms with Crippen LogP contribution in [-0.2, 0) is 32.3 Å². The minimum atomic E-state index is -0.750. The molecule has 0 saturated heterocycles. The van der Waals surface area contributed by atoms with E-state index in [0.29, 0.717) is 84.3 Å². The van der Waals surface area contributed by atoms with E-state index in [1.54, 1.807) is 43.3 Å². The van der Waals surface area contributed by atoms with Crippen LogP contribution in [0.2, 0.25) is 10.0 Å². The second-order valence-corrected chi connectivity index (χ2v) is 20.3. The van der Waals surface area contributed by atoms with Gasteiger partial charge < -0.3 is 36.3 Å². The maximum absolute atomic E-state index is 12.9. The Hall–Kier alpha value is -5.76. The number of carbonyl (C=O) groups is 6. The molecule has 0 spiro atoms. The number of hydrogen-bond donors (Lipinski definition) is 5. The first-order valence-corrected chi connectivity index (χ1v) is 26.5. The zero-order valence-electron chi connectivity index (χ0n) is 43.3. The van der Waals surface area contributed by atoms with E-state index < -0.39 is 18.1 Å². The van der Waals surface area contributed by atoms with Gasteiger partial charge in [-0.05, 0) is 151 Å². The van der Waals surface area contributed by atoms with Crippen LogP contribution in [0.25, 0.3) is 0 Å². The second-order valence-electron chi connectivity index (χ2n) is 19.5. The number of hydrogen-bond acceptors (Lipinski definition) is 9. The molecule has 2 saturated carbocycles. The Balaban J connectivity index is 0.000000278.